The standard InChI is InChI=1S/C26H30N6O3/c1-30(2)15-6-9-22(33)31-16-14-19(17-31)32-25(27)23(26(28)34)24(29-32)18-10-12-21(13-11-18)35-20-7-4-3-5-8-20/h3-13,19H,14-17,27H2,1-2H3,(H2,28,34)/t19-/m1/s1. The smallest absolute Gasteiger partial charge is 0.254 e. The Morgan fingerprint density at radius 3 is 2.46 bits per heavy atom. The van der Waals surface area contributed by atoms with Crippen LogP contribution in [-0.4, -0.2) is 65.1 Å². The van der Waals surface area contributed by atoms with Crippen LogP contribution in [0, 0.1) is 0 Å². The number of hydrogen-bond acceptors (Lipinski definition) is 6. The number of amides is 2. The maximum Gasteiger partial charge on any atom is 0.254 e. The summed E-state index contributed by atoms with van der Waals surface area (Å²) < 4.78 is 7.47. The number of nitrogen functional groups attached to an aromatic ring is 1. The van der Waals surface area contributed by atoms with Crippen LogP contribution >= 0.6 is 0 Å². The monoisotopic (exact) mass is 474 g/mol. The highest BCUT2D eigenvalue weighted by atomic mass is 16.5. The zero-order valence-electron chi connectivity index (χ0n) is 19.9. The lowest BCUT2D eigenvalue weighted by Crippen LogP contribution is -2.28. The van der Waals surface area contributed by atoms with Gasteiger partial charge in [-0.05, 0) is 56.9 Å². The van der Waals surface area contributed by atoms with Gasteiger partial charge in [0.15, 0.2) is 0 Å². The summed E-state index contributed by atoms with van der Waals surface area (Å²) in [5.74, 6) is 0.888. The Labute approximate surface area is 204 Å². The first-order valence-corrected chi connectivity index (χ1v) is 11.4. The number of carbonyl (C=O) groups is 2. The van der Waals surface area contributed by atoms with Crippen molar-refractivity contribution in [2.24, 2.45) is 5.73 Å². The van der Waals surface area contributed by atoms with Crippen molar-refractivity contribution in [3.8, 4) is 22.8 Å². The second-order valence-electron chi connectivity index (χ2n) is 8.75. The van der Waals surface area contributed by atoms with Crippen LogP contribution in [-0.2, 0) is 4.79 Å². The molecule has 1 atom stereocenters. The van der Waals surface area contributed by atoms with E-state index in [1.807, 2.05) is 67.5 Å². The van der Waals surface area contributed by atoms with Gasteiger partial charge in [0.25, 0.3) is 5.91 Å². The molecule has 0 saturated carbocycles. The molecule has 0 unspecified atom stereocenters. The zero-order valence-corrected chi connectivity index (χ0v) is 19.9. The number of likely N-dealkylation sites (tertiary alicyclic amines) is 1. The van der Waals surface area contributed by atoms with Gasteiger partial charge >= 0.3 is 0 Å². The lowest BCUT2D eigenvalue weighted by molar-refractivity contribution is -0.125. The van der Waals surface area contributed by atoms with Crippen LogP contribution in [0.2, 0.25) is 0 Å². The van der Waals surface area contributed by atoms with Crippen molar-refractivity contribution in [1.82, 2.24) is 19.6 Å². The fraction of sp³-hybridized carbons (Fsp3) is 0.269. The van der Waals surface area contributed by atoms with Gasteiger partial charge in [0.05, 0.1) is 6.04 Å². The van der Waals surface area contributed by atoms with E-state index in [9.17, 15) is 9.59 Å². The maximum absolute atomic E-state index is 12.5. The lowest BCUT2D eigenvalue weighted by atomic mass is 10.1. The Kier molecular flexibility index (Phi) is 7.17. The molecule has 1 saturated heterocycles. The van der Waals surface area contributed by atoms with Gasteiger partial charge in [0.2, 0.25) is 5.91 Å². The number of ether oxygens (including phenoxy) is 1. The van der Waals surface area contributed by atoms with Gasteiger partial charge in [-0.25, -0.2) is 4.68 Å². The van der Waals surface area contributed by atoms with E-state index in [1.165, 1.54) is 0 Å². The third kappa shape index (κ3) is 5.52. The first-order chi connectivity index (χ1) is 16.8. The average molecular weight is 475 g/mol. The molecule has 0 aliphatic carbocycles. The molecule has 2 amide bonds. The fourth-order valence-corrected chi connectivity index (χ4v) is 4.09. The van der Waals surface area contributed by atoms with Crippen LogP contribution in [0.1, 0.15) is 22.8 Å². The molecule has 1 fully saturated rings. The fourth-order valence-electron chi connectivity index (χ4n) is 4.09. The maximum atomic E-state index is 12.5. The van der Waals surface area contributed by atoms with Crippen LogP contribution in [0.4, 0.5) is 5.82 Å². The summed E-state index contributed by atoms with van der Waals surface area (Å²) >= 11 is 0. The van der Waals surface area contributed by atoms with Crippen LogP contribution < -0.4 is 16.2 Å². The quantitative estimate of drug-likeness (QED) is 0.485. The van der Waals surface area contributed by atoms with E-state index in [0.717, 1.165) is 5.75 Å². The summed E-state index contributed by atoms with van der Waals surface area (Å²) in [6.07, 6.45) is 4.11. The number of anilines is 1. The van der Waals surface area contributed by atoms with Crippen LogP contribution in [0.3, 0.4) is 0 Å². The minimum Gasteiger partial charge on any atom is -0.457 e. The predicted octanol–water partition coefficient (Wildman–Crippen LogP) is 2.91. The molecule has 0 radical (unpaired) electrons. The first kappa shape index (κ1) is 24.0. The summed E-state index contributed by atoms with van der Waals surface area (Å²) in [6, 6.07) is 16.6. The number of hydrogen-bond donors (Lipinski definition) is 2. The largest absolute Gasteiger partial charge is 0.457 e. The second-order valence-corrected chi connectivity index (χ2v) is 8.75. The van der Waals surface area contributed by atoms with E-state index in [-0.39, 0.29) is 23.3 Å². The van der Waals surface area contributed by atoms with Crippen molar-refractivity contribution in [2.45, 2.75) is 12.5 Å². The summed E-state index contributed by atoms with van der Waals surface area (Å²) in [5, 5.41) is 4.66. The second kappa shape index (κ2) is 10.4. The number of nitrogens with zero attached hydrogens (tertiary/aromatic N) is 4. The van der Waals surface area contributed by atoms with Gasteiger partial charge in [-0.2, -0.15) is 5.10 Å². The van der Waals surface area contributed by atoms with E-state index < -0.39 is 5.91 Å². The Hall–Kier alpha value is -4.11. The molecule has 0 spiro atoms. The topological polar surface area (TPSA) is 120 Å². The molecule has 2 aromatic carbocycles. The molecule has 2 heterocycles. The van der Waals surface area contributed by atoms with E-state index >= 15 is 0 Å². The number of primary amides is 1. The molecule has 1 aliphatic heterocycles. The van der Waals surface area contributed by atoms with Gasteiger partial charge in [-0.3, -0.25) is 9.59 Å². The Balaban J connectivity index is 1.53. The number of carbonyl (C=O) groups excluding carboxylic acids is 2. The summed E-state index contributed by atoms with van der Waals surface area (Å²) in [7, 11) is 3.89. The minimum absolute atomic E-state index is 0.0515. The van der Waals surface area contributed by atoms with E-state index in [0.29, 0.717) is 43.1 Å². The summed E-state index contributed by atoms with van der Waals surface area (Å²) in [5.41, 5.74) is 13.3. The molecule has 182 valence electrons. The predicted molar refractivity (Wildman–Crippen MR) is 135 cm³/mol. The highest BCUT2D eigenvalue weighted by Crippen LogP contribution is 2.33. The first-order valence-electron chi connectivity index (χ1n) is 11.4. The molecular weight excluding hydrogens is 444 g/mol. The number of nitrogens with two attached hydrogens (primary N) is 2. The van der Waals surface area contributed by atoms with Crippen molar-refractivity contribution in [1.29, 1.82) is 0 Å². The molecule has 1 aliphatic rings. The highest BCUT2D eigenvalue weighted by molar-refractivity contribution is 6.03. The van der Waals surface area contributed by atoms with Crippen molar-refractivity contribution >= 4 is 17.6 Å². The molecule has 1 aromatic heterocycles. The molecule has 3 aromatic rings. The molecule has 35 heavy (non-hydrogen) atoms. The van der Waals surface area contributed by atoms with Crippen molar-refractivity contribution in [3.63, 3.8) is 0 Å². The lowest BCUT2D eigenvalue weighted by Gasteiger charge is -2.16. The Morgan fingerprint density at radius 2 is 1.80 bits per heavy atom. The van der Waals surface area contributed by atoms with Crippen LogP contribution in [0.25, 0.3) is 11.3 Å². The normalized spacial score (nSPS) is 15.7. The molecule has 0 bridgehead atoms. The number of rotatable bonds is 8. The van der Waals surface area contributed by atoms with Crippen molar-refractivity contribution < 1.29 is 14.3 Å². The summed E-state index contributed by atoms with van der Waals surface area (Å²) in [6.45, 7) is 1.73. The number of para-hydroxylation sites is 1. The molecular formula is C26H30N6O3. The van der Waals surface area contributed by atoms with Crippen molar-refractivity contribution in [3.05, 3.63) is 72.3 Å². The van der Waals surface area contributed by atoms with Crippen molar-refractivity contribution in [2.75, 3.05) is 39.5 Å². The number of benzene rings is 2. The zero-order chi connectivity index (χ0) is 24.9. The van der Waals surface area contributed by atoms with E-state index in [4.69, 9.17) is 16.2 Å². The van der Waals surface area contributed by atoms with E-state index in [2.05, 4.69) is 5.10 Å². The van der Waals surface area contributed by atoms with Gasteiger partial charge in [-0.1, -0.05) is 24.3 Å². The van der Waals surface area contributed by atoms with Gasteiger partial charge in [0.1, 0.15) is 28.6 Å². The molecule has 4 N–H and O–H groups in total. The third-order valence-electron chi connectivity index (χ3n) is 5.85. The van der Waals surface area contributed by atoms with Gasteiger partial charge in [0, 0.05) is 31.3 Å². The van der Waals surface area contributed by atoms with Gasteiger partial charge in [-0.15, -0.1) is 0 Å². The highest BCUT2D eigenvalue weighted by Gasteiger charge is 2.31. The van der Waals surface area contributed by atoms with Crippen LogP contribution in [0.15, 0.2) is 66.7 Å². The SMILES string of the molecule is CN(C)CC=CC(=O)N1CC[C@@H](n2nc(-c3ccc(Oc4ccccc4)cc3)c(C(N)=O)c2N)C1. The number of aromatic nitrogens is 2. The molecule has 4 rings (SSSR count). The third-order valence-corrected chi connectivity index (χ3v) is 5.85. The Bertz CT molecular complexity index is 1220. The van der Waals surface area contributed by atoms with E-state index in [1.54, 1.807) is 27.8 Å². The van der Waals surface area contributed by atoms with Crippen LogP contribution in [0.5, 0.6) is 11.5 Å². The Morgan fingerprint density at radius 1 is 1.11 bits per heavy atom. The van der Waals surface area contributed by atoms with Gasteiger partial charge < -0.3 is 26.0 Å². The average Bonchev–Trinajstić information content (AvgIpc) is 3.45. The molecule has 9 nitrogen and oxygen atoms in total. The minimum atomic E-state index is -0.647. The molecule has 9 heteroatoms. The summed E-state index contributed by atoms with van der Waals surface area (Å²) in [4.78, 5) is 28.6. The number of likely N-dealkylation sites (N-methyl/N-ethyl adjacent to an activating group) is 1.